The minimum absolute atomic E-state index is 0.365. The Kier molecular flexibility index (Phi) is 4.30. The van der Waals surface area contributed by atoms with E-state index in [-0.39, 0.29) is 0 Å². The van der Waals surface area contributed by atoms with Gasteiger partial charge in [-0.2, -0.15) is 0 Å². The highest BCUT2D eigenvalue weighted by molar-refractivity contribution is 5.68. The Bertz CT molecular complexity index is 112. The normalized spacial score (nSPS) is 9.44. The minimum Gasteiger partial charge on any atom is -0.450 e. The van der Waals surface area contributed by atoms with E-state index in [0.717, 1.165) is 0 Å². The Morgan fingerprint density at radius 1 is 1.89 bits per heavy atom. The van der Waals surface area contributed by atoms with Crippen molar-refractivity contribution in [3.05, 3.63) is 12.4 Å². The molecule has 3 N–H and O–H groups in total. The van der Waals surface area contributed by atoms with Gasteiger partial charge in [0, 0.05) is 12.4 Å². The smallest absolute Gasteiger partial charge is 0.411 e. The molecule has 4 heteroatoms. The monoisotopic (exact) mass is 130 g/mol. The molecule has 0 fully saturated rings. The maximum absolute atomic E-state index is 10.4. The van der Waals surface area contributed by atoms with Gasteiger partial charge in [0.25, 0.3) is 0 Å². The molecule has 0 bridgehead atoms. The molecule has 0 radical (unpaired) electrons. The van der Waals surface area contributed by atoms with E-state index in [2.05, 4.69) is 10.1 Å². The van der Waals surface area contributed by atoms with Crippen LogP contribution in [0.15, 0.2) is 12.4 Å². The van der Waals surface area contributed by atoms with Gasteiger partial charge in [0.1, 0.15) is 0 Å². The number of hydrogen-bond donors (Lipinski definition) is 2. The van der Waals surface area contributed by atoms with Crippen molar-refractivity contribution >= 4 is 6.09 Å². The molecule has 0 aromatic carbocycles. The fourth-order valence-corrected chi connectivity index (χ4v) is 0.289. The summed E-state index contributed by atoms with van der Waals surface area (Å²) in [7, 11) is 0. The molecule has 0 saturated heterocycles. The summed E-state index contributed by atoms with van der Waals surface area (Å²) in [6.45, 7) is 2.09. The second kappa shape index (κ2) is 4.96. The summed E-state index contributed by atoms with van der Waals surface area (Å²) in [5.74, 6) is 0. The number of nitrogens with two attached hydrogens (primary N) is 1. The number of amides is 1. The molecular weight excluding hydrogens is 120 g/mol. The van der Waals surface area contributed by atoms with Gasteiger partial charge in [-0.1, -0.05) is 0 Å². The van der Waals surface area contributed by atoms with Crippen LogP contribution < -0.4 is 11.1 Å². The van der Waals surface area contributed by atoms with Crippen LogP contribution >= 0.6 is 0 Å². The molecule has 0 heterocycles. The molecule has 0 aliphatic carbocycles. The van der Waals surface area contributed by atoms with Gasteiger partial charge in [-0.3, -0.25) is 5.32 Å². The zero-order valence-corrected chi connectivity index (χ0v) is 5.26. The summed E-state index contributed by atoms with van der Waals surface area (Å²) >= 11 is 0. The van der Waals surface area contributed by atoms with Crippen LogP contribution in [0.2, 0.25) is 0 Å². The third kappa shape index (κ3) is 4.67. The molecule has 0 aliphatic heterocycles. The van der Waals surface area contributed by atoms with Crippen molar-refractivity contribution in [2.45, 2.75) is 6.92 Å². The minimum atomic E-state index is -0.487. The molecule has 0 saturated carbocycles. The lowest BCUT2D eigenvalue weighted by molar-refractivity contribution is 0.156. The topological polar surface area (TPSA) is 64.3 Å². The number of hydrogen-bond acceptors (Lipinski definition) is 3. The van der Waals surface area contributed by atoms with Crippen molar-refractivity contribution in [3.63, 3.8) is 0 Å². The average Bonchev–Trinajstić information content (AvgIpc) is 1.85. The van der Waals surface area contributed by atoms with Gasteiger partial charge in [-0.15, -0.1) is 0 Å². The van der Waals surface area contributed by atoms with Crippen molar-refractivity contribution in [2.75, 3.05) is 6.61 Å². The van der Waals surface area contributed by atoms with Gasteiger partial charge in [0.05, 0.1) is 6.61 Å². The average molecular weight is 130 g/mol. The van der Waals surface area contributed by atoms with Crippen LogP contribution in [0.4, 0.5) is 4.79 Å². The zero-order valence-electron chi connectivity index (χ0n) is 5.26. The molecule has 0 atom stereocenters. The maximum atomic E-state index is 10.4. The fraction of sp³-hybridized carbons (Fsp3) is 0.400. The Morgan fingerprint density at radius 3 is 3.00 bits per heavy atom. The van der Waals surface area contributed by atoms with E-state index in [9.17, 15) is 4.79 Å². The van der Waals surface area contributed by atoms with Crippen LogP contribution in [0.3, 0.4) is 0 Å². The van der Waals surface area contributed by atoms with Crippen LogP contribution in [-0.4, -0.2) is 12.7 Å². The van der Waals surface area contributed by atoms with Gasteiger partial charge < -0.3 is 10.5 Å². The third-order valence-electron chi connectivity index (χ3n) is 0.573. The van der Waals surface area contributed by atoms with E-state index in [4.69, 9.17) is 5.73 Å². The molecule has 1 amide bonds. The maximum Gasteiger partial charge on any atom is 0.411 e. The number of carbonyl (C=O) groups is 1. The van der Waals surface area contributed by atoms with Crippen LogP contribution in [0.5, 0.6) is 0 Å². The molecule has 0 aromatic heterocycles. The standard InChI is InChI=1S/C5H10N2O2/c1-2-9-5(8)7-4-3-6/h3-4H,2,6H2,1H3,(H,7,8). The van der Waals surface area contributed by atoms with Crippen molar-refractivity contribution < 1.29 is 9.53 Å². The van der Waals surface area contributed by atoms with Gasteiger partial charge in [0.15, 0.2) is 0 Å². The van der Waals surface area contributed by atoms with Crippen LogP contribution in [0.1, 0.15) is 6.92 Å². The summed E-state index contributed by atoms with van der Waals surface area (Å²) in [4.78, 5) is 10.4. The van der Waals surface area contributed by atoms with E-state index in [1.807, 2.05) is 0 Å². The number of alkyl carbamates (subject to hydrolysis) is 1. The summed E-state index contributed by atoms with van der Waals surface area (Å²) < 4.78 is 4.49. The summed E-state index contributed by atoms with van der Waals surface area (Å²) in [5.41, 5.74) is 4.92. The van der Waals surface area contributed by atoms with Crippen molar-refractivity contribution in [1.29, 1.82) is 0 Å². The second-order valence-corrected chi connectivity index (χ2v) is 1.22. The number of carbonyl (C=O) groups excluding carboxylic acids is 1. The van der Waals surface area contributed by atoms with E-state index < -0.39 is 6.09 Å². The molecular formula is C5H10N2O2. The van der Waals surface area contributed by atoms with Crippen LogP contribution in [-0.2, 0) is 4.74 Å². The van der Waals surface area contributed by atoms with Crippen LogP contribution in [0, 0.1) is 0 Å². The number of ether oxygens (including phenoxy) is 1. The lowest BCUT2D eigenvalue weighted by atomic mass is 10.8. The number of rotatable bonds is 2. The predicted octanol–water partition coefficient (Wildman–Crippen LogP) is 0.162. The molecule has 52 valence electrons. The Morgan fingerprint density at radius 2 is 2.56 bits per heavy atom. The number of nitrogens with one attached hydrogen (secondary N) is 1. The Labute approximate surface area is 53.7 Å². The SMILES string of the molecule is CCOC(=O)NC=CN. The summed E-state index contributed by atoms with van der Waals surface area (Å²) in [6, 6.07) is 0. The molecule has 0 unspecified atom stereocenters. The third-order valence-corrected chi connectivity index (χ3v) is 0.573. The highest BCUT2D eigenvalue weighted by atomic mass is 16.5. The quantitative estimate of drug-likeness (QED) is 0.559. The van der Waals surface area contributed by atoms with E-state index in [0.29, 0.717) is 6.61 Å². The predicted molar refractivity (Wildman–Crippen MR) is 33.5 cm³/mol. The lowest BCUT2D eigenvalue weighted by Crippen LogP contribution is -2.18. The Hall–Kier alpha value is -1.19. The first-order chi connectivity index (χ1) is 4.31. The van der Waals surface area contributed by atoms with Crippen molar-refractivity contribution in [3.8, 4) is 0 Å². The first-order valence-electron chi connectivity index (χ1n) is 2.61. The molecule has 0 aliphatic rings. The molecule has 0 aromatic rings. The summed E-state index contributed by atoms with van der Waals surface area (Å²) in [6.07, 6.45) is 2.04. The molecule has 0 rings (SSSR count). The summed E-state index contributed by atoms with van der Waals surface area (Å²) in [5, 5.41) is 2.27. The molecule has 4 nitrogen and oxygen atoms in total. The fourth-order valence-electron chi connectivity index (χ4n) is 0.289. The van der Waals surface area contributed by atoms with Gasteiger partial charge >= 0.3 is 6.09 Å². The van der Waals surface area contributed by atoms with Gasteiger partial charge in [-0.25, -0.2) is 4.79 Å². The van der Waals surface area contributed by atoms with Gasteiger partial charge in [0.2, 0.25) is 0 Å². The Balaban J connectivity index is 3.27. The van der Waals surface area contributed by atoms with Crippen LogP contribution in [0.25, 0.3) is 0 Å². The zero-order chi connectivity index (χ0) is 7.11. The molecule has 0 spiro atoms. The highest BCUT2D eigenvalue weighted by Crippen LogP contribution is 1.73. The van der Waals surface area contributed by atoms with E-state index >= 15 is 0 Å². The van der Waals surface area contributed by atoms with Gasteiger partial charge in [-0.05, 0) is 6.92 Å². The van der Waals surface area contributed by atoms with E-state index in [1.54, 1.807) is 6.92 Å². The highest BCUT2D eigenvalue weighted by Gasteiger charge is 1.92. The van der Waals surface area contributed by atoms with E-state index in [1.165, 1.54) is 12.4 Å². The largest absolute Gasteiger partial charge is 0.450 e. The van der Waals surface area contributed by atoms with Crippen molar-refractivity contribution in [1.82, 2.24) is 5.32 Å². The first kappa shape index (κ1) is 7.81. The first-order valence-corrected chi connectivity index (χ1v) is 2.61. The van der Waals surface area contributed by atoms with Crippen molar-refractivity contribution in [2.24, 2.45) is 5.73 Å². The second-order valence-electron chi connectivity index (χ2n) is 1.22. The molecule has 9 heavy (non-hydrogen) atoms. The lowest BCUT2D eigenvalue weighted by Gasteiger charge is -1.97.